The lowest BCUT2D eigenvalue weighted by Gasteiger charge is -2.13. The van der Waals surface area contributed by atoms with Crippen LogP contribution in [0.5, 0.6) is 5.75 Å². The van der Waals surface area contributed by atoms with Crippen LogP contribution in [0.4, 0.5) is 0 Å². The molecule has 22 heavy (non-hydrogen) atoms. The molecule has 3 N–H and O–H groups in total. The molecule has 0 aliphatic carbocycles. The SMILES string of the molecule is CCOc1c(Cl)cc(Cl)cc1CNCCCNCCO.Cl.Cl. The van der Waals surface area contributed by atoms with Gasteiger partial charge in [0.05, 0.1) is 18.2 Å². The molecule has 0 aromatic heterocycles. The minimum atomic E-state index is 0. The van der Waals surface area contributed by atoms with Gasteiger partial charge in [-0.3, -0.25) is 0 Å². The summed E-state index contributed by atoms with van der Waals surface area (Å²) in [6.45, 7) is 5.71. The average Bonchev–Trinajstić information content (AvgIpc) is 2.41. The summed E-state index contributed by atoms with van der Waals surface area (Å²) in [5.41, 5.74) is 0.965. The molecule has 0 radical (unpaired) electrons. The highest BCUT2D eigenvalue weighted by atomic mass is 35.5. The molecule has 1 rings (SSSR count). The zero-order valence-corrected chi connectivity index (χ0v) is 15.7. The lowest BCUT2D eigenvalue weighted by molar-refractivity contribution is 0.292. The minimum Gasteiger partial charge on any atom is -0.492 e. The van der Waals surface area contributed by atoms with Crippen LogP contribution in [0.15, 0.2) is 12.1 Å². The highest BCUT2D eigenvalue weighted by Crippen LogP contribution is 2.32. The Morgan fingerprint density at radius 2 is 1.77 bits per heavy atom. The van der Waals surface area contributed by atoms with Crippen LogP contribution >= 0.6 is 48.0 Å². The normalized spacial score (nSPS) is 9.82. The first-order chi connectivity index (χ1) is 9.69. The van der Waals surface area contributed by atoms with Crippen LogP contribution in [-0.2, 0) is 6.54 Å². The maximum absolute atomic E-state index is 8.63. The van der Waals surface area contributed by atoms with E-state index < -0.39 is 0 Å². The fourth-order valence-electron chi connectivity index (χ4n) is 1.82. The fourth-order valence-corrected chi connectivity index (χ4v) is 2.41. The van der Waals surface area contributed by atoms with Crippen molar-refractivity contribution in [1.29, 1.82) is 0 Å². The third-order valence-corrected chi connectivity index (χ3v) is 3.18. The first kappa shape index (κ1) is 24.3. The molecule has 0 atom stereocenters. The predicted octanol–water partition coefficient (Wildman–Crippen LogP) is 3.30. The summed E-state index contributed by atoms with van der Waals surface area (Å²) in [7, 11) is 0. The van der Waals surface area contributed by atoms with Gasteiger partial charge in [-0.15, -0.1) is 24.8 Å². The number of hydrogen-bond donors (Lipinski definition) is 3. The molecule has 0 saturated heterocycles. The van der Waals surface area contributed by atoms with Gasteiger partial charge in [-0.05, 0) is 38.6 Å². The van der Waals surface area contributed by atoms with Crippen molar-refractivity contribution in [3.8, 4) is 5.75 Å². The first-order valence-electron chi connectivity index (χ1n) is 6.82. The number of halogens is 4. The third kappa shape index (κ3) is 9.26. The molecule has 4 nitrogen and oxygen atoms in total. The van der Waals surface area contributed by atoms with E-state index in [0.29, 0.717) is 35.5 Å². The van der Waals surface area contributed by atoms with Crippen LogP contribution < -0.4 is 15.4 Å². The number of nitrogens with one attached hydrogen (secondary N) is 2. The van der Waals surface area contributed by atoms with Crippen molar-refractivity contribution in [2.24, 2.45) is 0 Å². The zero-order valence-electron chi connectivity index (χ0n) is 12.5. The predicted molar refractivity (Wildman–Crippen MR) is 98.4 cm³/mol. The Hall–Kier alpha value is 0.0600. The van der Waals surface area contributed by atoms with Gasteiger partial charge < -0.3 is 20.5 Å². The summed E-state index contributed by atoms with van der Waals surface area (Å²) >= 11 is 12.2. The summed E-state index contributed by atoms with van der Waals surface area (Å²) < 4.78 is 5.56. The topological polar surface area (TPSA) is 53.5 Å². The molecule has 0 unspecified atom stereocenters. The Balaban J connectivity index is 0. The van der Waals surface area contributed by atoms with E-state index in [1.165, 1.54) is 0 Å². The van der Waals surface area contributed by atoms with Crippen molar-refractivity contribution in [2.75, 3.05) is 32.8 Å². The fraction of sp³-hybridized carbons (Fsp3) is 0.571. The van der Waals surface area contributed by atoms with Crippen molar-refractivity contribution >= 4 is 48.0 Å². The van der Waals surface area contributed by atoms with E-state index in [1.807, 2.05) is 13.0 Å². The molecule has 1 aromatic rings. The molecule has 130 valence electrons. The van der Waals surface area contributed by atoms with Crippen LogP contribution in [0.1, 0.15) is 18.9 Å². The quantitative estimate of drug-likeness (QED) is 0.534. The number of aliphatic hydroxyl groups is 1. The number of ether oxygens (including phenoxy) is 1. The monoisotopic (exact) mass is 392 g/mol. The lowest BCUT2D eigenvalue weighted by Crippen LogP contribution is -2.24. The van der Waals surface area contributed by atoms with Gasteiger partial charge in [-0.25, -0.2) is 0 Å². The summed E-state index contributed by atoms with van der Waals surface area (Å²) in [6.07, 6.45) is 0.984. The van der Waals surface area contributed by atoms with E-state index in [-0.39, 0.29) is 31.4 Å². The molecule has 0 heterocycles. The molecular weight excluding hydrogens is 370 g/mol. The number of aliphatic hydroxyl groups excluding tert-OH is 1. The molecule has 8 heteroatoms. The standard InChI is InChI=1S/C14H22Cl2N2O2.2ClH/c1-2-20-14-11(8-12(15)9-13(14)16)10-18-5-3-4-17-6-7-19;;/h8-9,17-19H,2-7,10H2,1H3;2*1H. The maximum Gasteiger partial charge on any atom is 0.142 e. The smallest absolute Gasteiger partial charge is 0.142 e. The van der Waals surface area contributed by atoms with E-state index in [4.69, 9.17) is 33.0 Å². The van der Waals surface area contributed by atoms with Crippen molar-refractivity contribution in [3.63, 3.8) is 0 Å². The van der Waals surface area contributed by atoms with E-state index in [2.05, 4.69) is 10.6 Å². The first-order valence-corrected chi connectivity index (χ1v) is 7.57. The Bertz CT molecular complexity index is 409. The number of benzene rings is 1. The Kier molecular flexibility index (Phi) is 16.2. The Morgan fingerprint density at radius 1 is 1.09 bits per heavy atom. The molecule has 0 amide bonds. The van der Waals surface area contributed by atoms with E-state index in [0.717, 1.165) is 25.1 Å². The van der Waals surface area contributed by atoms with Crippen LogP contribution in [-0.4, -0.2) is 38.0 Å². The van der Waals surface area contributed by atoms with Crippen LogP contribution in [0.2, 0.25) is 10.0 Å². The average molecular weight is 394 g/mol. The third-order valence-electron chi connectivity index (χ3n) is 2.69. The van der Waals surface area contributed by atoms with Gasteiger partial charge >= 0.3 is 0 Å². The Morgan fingerprint density at radius 3 is 2.41 bits per heavy atom. The van der Waals surface area contributed by atoms with Crippen LogP contribution in [0, 0.1) is 0 Å². The van der Waals surface area contributed by atoms with Crippen molar-refractivity contribution in [2.45, 2.75) is 19.9 Å². The molecule has 0 aliphatic rings. The summed E-state index contributed by atoms with van der Waals surface area (Å²) in [4.78, 5) is 0. The highest BCUT2D eigenvalue weighted by molar-refractivity contribution is 6.35. The van der Waals surface area contributed by atoms with Gasteiger partial charge in [0.2, 0.25) is 0 Å². The maximum atomic E-state index is 8.63. The van der Waals surface area contributed by atoms with Gasteiger partial charge in [-0.1, -0.05) is 23.2 Å². The van der Waals surface area contributed by atoms with E-state index >= 15 is 0 Å². The van der Waals surface area contributed by atoms with Gasteiger partial charge in [0.25, 0.3) is 0 Å². The van der Waals surface area contributed by atoms with Crippen LogP contribution in [0.3, 0.4) is 0 Å². The van der Waals surface area contributed by atoms with Gasteiger partial charge in [-0.2, -0.15) is 0 Å². The largest absolute Gasteiger partial charge is 0.492 e. The lowest BCUT2D eigenvalue weighted by atomic mass is 10.2. The van der Waals surface area contributed by atoms with E-state index in [1.54, 1.807) is 6.07 Å². The zero-order chi connectivity index (χ0) is 14.8. The minimum absolute atomic E-state index is 0. The molecule has 0 saturated carbocycles. The van der Waals surface area contributed by atoms with Crippen molar-refractivity contribution in [1.82, 2.24) is 10.6 Å². The highest BCUT2D eigenvalue weighted by Gasteiger charge is 2.10. The molecular formula is C14H24Cl4N2O2. The van der Waals surface area contributed by atoms with Gasteiger partial charge in [0.1, 0.15) is 5.75 Å². The van der Waals surface area contributed by atoms with Crippen molar-refractivity contribution < 1.29 is 9.84 Å². The summed E-state index contributed by atoms with van der Waals surface area (Å²) in [5, 5.41) is 16.2. The molecule has 0 fully saturated rings. The summed E-state index contributed by atoms with van der Waals surface area (Å²) in [5.74, 6) is 0.699. The summed E-state index contributed by atoms with van der Waals surface area (Å²) in [6, 6.07) is 3.56. The number of hydrogen-bond acceptors (Lipinski definition) is 4. The second-order valence-corrected chi connectivity index (χ2v) is 5.16. The number of rotatable bonds is 10. The van der Waals surface area contributed by atoms with Crippen molar-refractivity contribution in [3.05, 3.63) is 27.7 Å². The van der Waals surface area contributed by atoms with Gasteiger partial charge in [0.15, 0.2) is 0 Å². The van der Waals surface area contributed by atoms with E-state index in [9.17, 15) is 0 Å². The Labute approximate surface area is 154 Å². The van der Waals surface area contributed by atoms with Gasteiger partial charge in [0, 0.05) is 23.7 Å². The second kappa shape index (κ2) is 14.6. The van der Waals surface area contributed by atoms with Crippen LogP contribution in [0.25, 0.3) is 0 Å². The molecule has 0 aliphatic heterocycles. The second-order valence-electron chi connectivity index (χ2n) is 4.31. The molecule has 0 bridgehead atoms. The molecule has 0 spiro atoms. The molecule has 1 aromatic carbocycles.